The number of nitrogens with two attached hydrogens (primary N) is 1. The summed E-state index contributed by atoms with van der Waals surface area (Å²) in [5.41, 5.74) is 8.03. The number of carbonyl (C=O) groups excluding carboxylic acids is 1. The monoisotopic (exact) mass is 297 g/mol. The van der Waals surface area contributed by atoms with Crippen LogP contribution in [0, 0.1) is 6.92 Å². The summed E-state index contributed by atoms with van der Waals surface area (Å²) in [4.78, 5) is 13.7. The van der Waals surface area contributed by atoms with Crippen LogP contribution in [0.1, 0.15) is 5.56 Å². The van der Waals surface area contributed by atoms with Crippen molar-refractivity contribution >= 4 is 27.1 Å². The van der Waals surface area contributed by atoms with Gasteiger partial charge >= 0.3 is 0 Å². The molecule has 1 saturated heterocycles. The Kier molecular flexibility index (Phi) is 4.29. The number of amides is 1. The Labute approximate surface area is 118 Å². The highest BCUT2D eigenvalue weighted by Crippen LogP contribution is 2.16. The molecule has 1 aliphatic heterocycles. The zero-order valence-corrected chi connectivity index (χ0v) is 12.2. The number of nitrogens with zero attached hydrogens (tertiary/aromatic N) is 1. The Morgan fingerprint density at radius 3 is 2.60 bits per heavy atom. The number of nitrogen functional groups attached to an aromatic ring is 1. The van der Waals surface area contributed by atoms with E-state index in [2.05, 4.69) is 5.32 Å². The number of hydrogen-bond acceptors (Lipinski definition) is 5. The molecule has 1 aromatic carbocycles. The van der Waals surface area contributed by atoms with E-state index < -0.39 is 9.84 Å². The van der Waals surface area contributed by atoms with Crippen LogP contribution < -0.4 is 11.1 Å². The average Bonchev–Trinajstić information content (AvgIpc) is 2.36. The van der Waals surface area contributed by atoms with Crippen LogP contribution in [-0.4, -0.2) is 50.4 Å². The van der Waals surface area contributed by atoms with Crippen LogP contribution in [0.25, 0.3) is 0 Å². The second-order valence-corrected chi connectivity index (χ2v) is 7.35. The summed E-state index contributed by atoms with van der Waals surface area (Å²) < 4.78 is 22.6. The summed E-state index contributed by atoms with van der Waals surface area (Å²) in [6.07, 6.45) is 0. The molecule has 6 nitrogen and oxygen atoms in total. The summed E-state index contributed by atoms with van der Waals surface area (Å²) in [6.45, 7) is 2.91. The maximum Gasteiger partial charge on any atom is 0.238 e. The van der Waals surface area contributed by atoms with Gasteiger partial charge in [0.15, 0.2) is 9.84 Å². The van der Waals surface area contributed by atoms with Gasteiger partial charge in [0, 0.05) is 24.5 Å². The molecule has 3 N–H and O–H groups in total. The molecule has 0 saturated carbocycles. The zero-order valence-electron chi connectivity index (χ0n) is 11.4. The van der Waals surface area contributed by atoms with Crippen molar-refractivity contribution in [1.82, 2.24) is 4.90 Å². The average molecular weight is 297 g/mol. The number of anilines is 2. The first-order valence-electron chi connectivity index (χ1n) is 6.44. The summed E-state index contributed by atoms with van der Waals surface area (Å²) in [6, 6.07) is 5.36. The Morgan fingerprint density at radius 2 is 2.00 bits per heavy atom. The normalized spacial score (nSPS) is 18.6. The molecule has 110 valence electrons. The number of benzene rings is 1. The molecule has 7 heteroatoms. The molecule has 0 unspecified atom stereocenters. The number of nitrogens with one attached hydrogen (secondary N) is 1. The van der Waals surface area contributed by atoms with E-state index in [9.17, 15) is 13.2 Å². The first kappa shape index (κ1) is 14.8. The highest BCUT2D eigenvalue weighted by Gasteiger charge is 2.22. The van der Waals surface area contributed by atoms with E-state index in [1.807, 2.05) is 17.9 Å². The summed E-state index contributed by atoms with van der Waals surface area (Å²) in [7, 11) is -2.91. The minimum absolute atomic E-state index is 0.123. The van der Waals surface area contributed by atoms with E-state index in [4.69, 9.17) is 5.73 Å². The van der Waals surface area contributed by atoms with Crippen molar-refractivity contribution < 1.29 is 13.2 Å². The Morgan fingerprint density at radius 1 is 1.35 bits per heavy atom. The molecule has 0 aliphatic carbocycles. The maximum absolute atomic E-state index is 11.9. The van der Waals surface area contributed by atoms with Gasteiger partial charge < -0.3 is 11.1 Å². The van der Waals surface area contributed by atoms with Crippen molar-refractivity contribution in [3.8, 4) is 0 Å². The lowest BCUT2D eigenvalue weighted by atomic mass is 10.2. The fourth-order valence-corrected chi connectivity index (χ4v) is 3.31. The van der Waals surface area contributed by atoms with Gasteiger partial charge in [-0.1, -0.05) is 6.07 Å². The van der Waals surface area contributed by atoms with Crippen LogP contribution in [0.15, 0.2) is 18.2 Å². The van der Waals surface area contributed by atoms with Crippen molar-refractivity contribution in [3.63, 3.8) is 0 Å². The van der Waals surface area contributed by atoms with Crippen molar-refractivity contribution in [2.45, 2.75) is 6.92 Å². The quantitative estimate of drug-likeness (QED) is 0.780. The minimum Gasteiger partial charge on any atom is -0.398 e. The first-order valence-corrected chi connectivity index (χ1v) is 8.27. The fourth-order valence-electron chi connectivity index (χ4n) is 2.03. The number of carbonyl (C=O) groups is 1. The van der Waals surface area contributed by atoms with Crippen molar-refractivity contribution in [2.24, 2.45) is 0 Å². The largest absolute Gasteiger partial charge is 0.398 e. The maximum atomic E-state index is 11.9. The van der Waals surface area contributed by atoms with Gasteiger partial charge in [0.1, 0.15) is 0 Å². The van der Waals surface area contributed by atoms with Crippen LogP contribution in [0.3, 0.4) is 0 Å². The van der Waals surface area contributed by atoms with Gasteiger partial charge in [0.05, 0.1) is 18.1 Å². The smallest absolute Gasteiger partial charge is 0.238 e. The van der Waals surface area contributed by atoms with E-state index in [0.717, 1.165) is 5.56 Å². The van der Waals surface area contributed by atoms with E-state index in [-0.39, 0.29) is 24.0 Å². The van der Waals surface area contributed by atoms with Gasteiger partial charge in [0.2, 0.25) is 5.91 Å². The molecule has 1 amide bonds. The molecule has 1 aliphatic rings. The number of hydrogen-bond donors (Lipinski definition) is 2. The summed E-state index contributed by atoms with van der Waals surface area (Å²) in [5.74, 6) is 0.0859. The molecule has 2 rings (SSSR count). The van der Waals surface area contributed by atoms with Crippen LogP contribution in [0.5, 0.6) is 0 Å². The van der Waals surface area contributed by atoms with Gasteiger partial charge in [-0.3, -0.25) is 9.69 Å². The molecule has 0 aromatic heterocycles. The standard InChI is InChI=1S/C13H19N3O3S/c1-10-2-3-11(8-12(10)14)15-13(17)9-16-4-6-20(18,19)7-5-16/h2-3,8H,4-7,9,14H2,1H3,(H,15,17). The van der Waals surface area contributed by atoms with Crippen LogP contribution in [-0.2, 0) is 14.6 Å². The van der Waals surface area contributed by atoms with Gasteiger partial charge in [-0.25, -0.2) is 8.42 Å². The molecule has 1 heterocycles. The molecule has 20 heavy (non-hydrogen) atoms. The predicted molar refractivity (Wildman–Crippen MR) is 79.3 cm³/mol. The SMILES string of the molecule is Cc1ccc(NC(=O)CN2CCS(=O)(=O)CC2)cc1N. The number of sulfone groups is 1. The lowest BCUT2D eigenvalue weighted by Crippen LogP contribution is -2.43. The Hall–Kier alpha value is -1.60. The molecule has 0 bridgehead atoms. The van der Waals surface area contributed by atoms with Crippen LogP contribution in [0.2, 0.25) is 0 Å². The first-order chi connectivity index (χ1) is 9.35. The van der Waals surface area contributed by atoms with E-state index in [0.29, 0.717) is 24.5 Å². The highest BCUT2D eigenvalue weighted by molar-refractivity contribution is 7.91. The van der Waals surface area contributed by atoms with Gasteiger partial charge in [-0.2, -0.15) is 0 Å². The predicted octanol–water partition coefficient (Wildman–Crippen LogP) is 0.246. The highest BCUT2D eigenvalue weighted by atomic mass is 32.2. The van der Waals surface area contributed by atoms with Crippen molar-refractivity contribution in [1.29, 1.82) is 0 Å². The van der Waals surface area contributed by atoms with Crippen LogP contribution in [0.4, 0.5) is 11.4 Å². The molecule has 1 fully saturated rings. The van der Waals surface area contributed by atoms with Crippen LogP contribution >= 0.6 is 0 Å². The van der Waals surface area contributed by atoms with E-state index in [1.54, 1.807) is 12.1 Å². The zero-order chi connectivity index (χ0) is 14.8. The van der Waals surface area contributed by atoms with E-state index >= 15 is 0 Å². The minimum atomic E-state index is -2.91. The molecule has 0 spiro atoms. The number of aryl methyl sites for hydroxylation is 1. The fraction of sp³-hybridized carbons (Fsp3) is 0.462. The summed E-state index contributed by atoms with van der Waals surface area (Å²) >= 11 is 0. The lowest BCUT2D eigenvalue weighted by Gasteiger charge is -2.25. The molecule has 1 aromatic rings. The Balaban J connectivity index is 1.88. The lowest BCUT2D eigenvalue weighted by molar-refractivity contribution is -0.117. The second-order valence-electron chi connectivity index (χ2n) is 5.05. The third-order valence-corrected chi connectivity index (χ3v) is 4.98. The third-order valence-electron chi connectivity index (χ3n) is 3.37. The second kappa shape index (κ2) is 5.80. The Bertz CT molecular complexity index is 599. The molecular weight excluding hydrogens is 278 g/mol. The van der Waals surface area contributed by atoms with Gasteiger partial charge in [-0.15, -0.1) is 0 Å². The van der Waals surface area contributed by atoms with Crippen molar-refractivity contribution in [3.05, 3.63) is 23.8 Å². The third kappa shape index (κ3) is 3.94. The molecular formula is C13H19N3O3S. The molecule has 0 atom stereocenters. The summed E-state index contributed by atoms with van der Waals surface area (Å²) in [5, 5.41) is 2.77. The van der Waals surface area contributed by atoms with Crippen molar-refractivity contribution in [2.75, 3.05) is 42.2 Å². The van der Waals surface area contributed by atoms with Gasteiger partial charge in [0.25, 0.3) is 0 Å². The number of rotatable bonds is 3. The topological polar surface area (TPSA) is 92.5 Å². The van der Waals surface area contributed by atoms with Gasteiger partial charge in [-0.05, 0) is 24.6 Å². The van der Waals surface area contributed by atoms with E-state index in [1.165, 1.54) is 0 Å². The molecule has 0 radical (unpaired) electrons.